The fourth-order valence-corrected chi connectivity index (χ4v) is 4.48. The zero-order valence-corrected chi connectivity index (χ0v) is 19.6. The second-order valence-corrected chi connectivity index (χ2v) is 8.80. The zero-order chi connectivity index (χ0) is 23.2. The smallest absolute Gasteiger partial charge is 0.275 e. The summed E-state index contributed by atoms with van der Waals surface area (Å²) in [4.78, 5) is 21.8. The fraction of sp³-hybridized carbons (Fsp3) is 0.348. The Balaban J connectivity index is 1.50. The molecule has 0 spiro atoms. The minimum absolute atomic E-state index is 0.313. The first-order valence-electron chi connectivity index (χ1n) is 10.8. The third-order valence-electron chi connectivity index (χ3n) is 5.39. The Bertz CT molecular complexity index is 1130. The lowest BCUT2D eigenvalue weighted by Crippen LogP contribution is -2.31. The van der Waals surface area contributed by atoms with Gasteiger partial charge in [-0.25, -0.2) is 4.98 Å². The number of pyridine rings is 1. The minimum Gasteiger partial charge on any atom is -0.381 e. The largest absolute Gasteiger partial charge is 0.381 e. The standard InChI is InChI=1S/C23H27N7O2S/c1-15-18(12-25-28-15)23-27-20(14-33-23)22(31)26-16(2)21(19-6-4-5-9-24-19)29-30(3)13-17-7-10-32-11-8-17/h4-6,9,12,14,17H,2,7-8,10-11,13H2,1,3H3,(H,25,28)(H,26,31)/b29-21+. The number of hydrogen-bond acceptors (Lipinski definition) is 8. The number of allylic oxidation sites excluding steroid dienone is 1. The van der Waals surface area contributed by atoms with Crippen LogP contribution in [0, 0.1) is 12.8 Å². The quantitative estimate of drug-likeness (QED) is 0.391. The second kappa shape index (κ2) is 10.5. The molecule has 3 aromatic rings. The van der Waals surface area contributed by atoms with Crippen LogP contribution in [0.25, 0.3) is 10.6 Å². The molecule has 1 saturated heterocycles. The number of carbonyl (C=O) groups is 1. The van der Waals surface area contributed by atoms with Crippen molar-refractivity contribution in [1.29, 1.82) is 0 Å². The van der Waals surface area contributed by atoms with Crippen LogP contribution in [0.2, 0.25) is 0 Å². The van der Waals surface area contributed by atoms with Crippen molar-refractivity contribution in [2.24, 2.45) is 11.0 Å². The van der Waals surface area contributed by atoms with Crippen molar-refractivity contribution in [3.05, 3.63) is 65.3 Å². The number of aryl methyl sites for hydroxylation is 1. The van der Waals surface area contributed by atoms with Crippen LogP contribution in [0.3, 0.4) is 0 Å². The van der Waals surface area contributed by atoms with Crippen LogP contribution in [0.4, 0.5) is 0 Å². The number of thiazole rings is 1. The van der Waals surface area contributed by atoms with Crippen LogP contribution in [-0.2, 0) is 4.74 Å². The summed E-state index contributed by atoms with van der Waals surface area (Å²) in [5.74, 6) is 0.166. The maximum absolute atomic E-state index is 12.9. The third-order valence-corrected chi connectivity index (χ3v) is 6.26. The van der Waals surface area contributed by atoms with E-state index >= 15 is 0 Å². The maximum atomic E-state index is 12.9. The lowest BCUT2D eigenvalue weighted by molar-refractivity contribution is 0.0561. The lowest BCUT2D eigenvalue weighted by Gasteiger charge is -2.26. The van der Waals surface area contributed by atoms with Gasteiger partial charge in [0.25, 0.3) is 5.91 Å². The van der Waals surface area contributed by atoms with E-state index in [0.29, 0.717) is 28.7 Å². The van der Waals surface area contributed by atoms with Crippen molar-refractivity contribution in [2.75, 3.05) is 26.8 Å². The van der Waals surface area contributed by atoms with Crippen LogP contribution in [0.15, 0.2) is 53.4 Å². The summed E-state index contributed by atoms with van der Waals surface area (Å²) in [6, 6.07) is 5.56. The van der Waals surface area contributed by atoms with Gasteiger partial charge in [-0.15, -0.1) is 11.3 Å². The van der Waals surface area contributed by atoms with Crippen molar-refractivity contribution in [3.63, 3.8) is 0 Å². The molecule has 0 aliphatic carbocycles. The molecule has 172 valence electrons. The van der Waals surface area contributed by atoms with Crippen LogP contribution >= 0.6 is 11.3 Å². The molecule has 1 aliphatic heterocycles. The SMILES string of the molecule is C=C(NC(=O)c1csc(-c2cn[nH]c2C)n1)/C(=N\N(C)CC1CCOCC1)c1ccccn1. The number of ether oxygens (including phenoxy) is 1. The van der Waals surface area contributed by atoms with E-state index in [4.69, 9.17) is 9.84 Å². The number of H-pyrrole nitrogens is 1. The number of rotatable bonds is 8. The summed E-state index contributed by atoms with van der Waals surface area (Å²) in [6.07, 6.45) is 5.42. The summed E-state index contributed by atoms with van der Waals surface area (Å²) in [5.41, 5.74) is 3.61. The molecular formula is C23H27N7O2S. The van der Waals surface area contributed by atoms with E-state index in [9.17, 15) is 4.79 Å². The topological polar surface area (TPSA) is 108 Å². The molecule has 0 bridgehead atoms. The summed E-state index contributed by atoms with van der Waals surface area (Å²) >= 11 is 1.39. The number of nitrogens with zero attached hydrogens (tertiary/aromatic N) is 5. The average molecular weight is 466 g/mol. The van der Waals surface area contributed by atoms with Crippen LogP contribution in [0.5, 0.6) is 0 Å². The number of amides is 1. The number of nitrogens with one attached hydrogen (secondary N) is 2. The Morgan fingerprint density at radius 1 is 1.36 bits per heavy atom. The highest BCUT2D eigenvalue weighted by atomic mass is 32.1. The Labute approximate surface area is 196 Å². The molecule has 1 fully saturated rings. The molecule has 4 heterocycles. The van der Waals surface area contributed by atoms with E-state index in [1.165, 1.54) is 11.3 Å². The summed E-state index contributed by atoms with van der Waals surface area (Å²) < 4.78 is 5.45. The van der Waals surface area contributed by atoms with Crippen LogP contribution < -0.4 is 5.32 Å². The Kier molecular flexibility index (Phi) is 7.26. The lowest BCUT2D eigenvalue weighted by atomic mass is 10.0. The first-order chi connectivity index (χ1) is 16.0. The molecular weight excluding hydrogens is 438 g/mol. The molecule has 1 amide bonds. The molecule has 0 atom stereocenters. The molecule has 4 rings (SSSR count). The zero-order valence-electron chi connectivity index (χ0n) is 18.7. The van der Waals surface area contributed by atoms with Gasteiger partial charge in [-0.3, -0.25) is 19.9 Å². The van der Waals surface area contributed by atoms with Gasteiger partial charge in [-0.2, -0.15) is 10.2 Å². The molecule has 0 radical (unpaired) electrons. The molecule has 0 saturated carbocycles. The van der Waals surface area contributed by atoms with Crippen molar-refractivity contribution < 1.29 is 9.53 Å². The first-order valence-corrected chi connectivity index (χ1v) is 11.6. The van der Waals surface area contributed by atoms with Gasteiger partial charge in [0.05, 0.1) is 23.2 Å². The monoisotopic (exact) mass is 465 g/mol. The van der Waals surface area contributed by atoms with Gasteiger partial charge in [-0.05, 0) is 37.8 Å². The van der Waals surface area contributed by atoms with Crippen LogP contribution in [0.1, 0.15) is 34.7 Å². The summed E-state index contributed by atoms with van der Waals surface area (Å²) in [5, 5.41) is 18.8. The van der Waals surface area contributed by atoms with Crippen LogP contribution in [-0.4, -0.2) is 63.6 Å². The van der Waals surface area contributed by atoms with Gasteiger partial charge in [0.15, 0.2) is 0 Å². The van der Waals surface area contributed by atoms with Crippen molar-refractivity contribution in [1.82, 2.24) is 30.5 Å². The number of aromatic amines is 1. The van der Waals surface area contributed by atoms with E-state index in [1.807, 2.05) is 37.2 Å². The molecule has 0 aromatic carbocycles. The van der Waals surface area contributed by atoms with Gasteiger partial charge in [0.1, 0.15) is 16.4 Å². The van der Waals surface area contributed by atoms with Gasteiger partial charge >= 0.3 is 0 Å². The van der Waals surface area contributed by atoms with Gasteiger partial charge < -0.3 is 10.1 Å². The van der Waals surface area contributed by atoms with E-state index < -0.39 is 0 Å². The summed E-state index contributed by atoms with van der Waals surface area (Å²) in [7, 11) is 1.92. The minimum atomic E-state index is -0.348. The van der Waals surface area contributed by atoms with Crippen molar-refractivity contribution in [2.45, 2.75) is 19.8 Å². The van der Waals surface area contributed by atoms with E-state index in [0.717, 1.165) is 48.9 Å². The molecule has 10 heteroatoms. The molecule has 3 aromatic heterocycles. The second-order valence-electron chi connectivity index (χ2n) is 7.94. The normalized spacial score (nSPS) is 14.8. The number of hydrazone groups is 1. The van der Waals surface area contributed by atoms with Gasteiger partial charge in [-0.1, -0.05) is 12.6 Å². The van der Waals surface area contributed by atoms with Gasteiger partial charge in [0, 0.05) is 44.1 Å². The third kappa shape index (κ3) is 5.71. The molecule has 1 aliphatic rings. The Morgan fingerprint density at radius 3 is 2.88 bits per heavy atom. The maximum Gasteiger partial charge on any atom is 0.275 e. The molecule has 2 N–H and O–H groups in total. The fourth-order valence-electron chi connectivity index (χ4n) is 3.61. The highest BCUT2D eigenvalue weighted by Crippen LogP contribution is 2.25. The molecule has 9 nitrogen and oxygen atoms in total. The average Bonchev–Trinajstić information content (AvgIpc) is 3.47. The van der Waals surface area contributed by atoms with Crippen molar-refractivity contribution >= 4 is 23.0 Å². The van der Waals surface area contributed by atoms with Gasteiger partial charge in [0.2, 0.25) is 0 Å². The first kappa shape index (κ1) is 22.8. The van der Waals surface area contributed by atoms with E-state index in [-0.39, 0.29) is 5.91 Å². The number of carbonyl (C=O) groups excluding carboxylic acids is 1. The Morgan fingerprint density at radius 2 is 2.18 bits per heavy atom. The van der Waals surface area contributed by atoms with E-state index in [1.54, 1.807) is 17.8 Å². The summed E-state index contributed by atoms with van der Waals surface area (Å²) in [6.45, 7) is 8.35. The highest BCUT2D eigenvalue weighted by molar-refractivity contribution is 7.13. The Hall–Kier alpha value is -3.37. The predicted molar refractivity (Wildman–Crippen MR) is 128 cm³/mol. The highest BCUT2D eigenvalue weighted by Gasteiger charge is 2.20. The number of hydrogen-bond donors (Lipinski definition) is 2. The van der Waals surface area contributed by atoms with E-state index in [2.05, 4.69) is 32.1 Å². The van der Waals surface area contributed by atoms with Crippen molar-refractivity contribution in [3.8, 4) is 10.6 Å². The molecule has 0 unspecified atom stereocenters. The number of aromatic nitrogens is 4. The predicted octanol–water partition coefficient (Wildman–Crippen LogP) is 3.24. The molecule has 33 heavy (non-hydrogen) atoms.